The lowest BCUT2D eigenvalue weighted by Crippen LogP contribution is -2.28. The van der Waals surface area contributed by atoms with E-state index in [0.717, 1.165) is 18.7 Å². The van der Waals surface area contributed by atoms with Crippen molar-refractivity contribution in [1.29, 1.82) is 0 Å². The standard InChI is InChI=1S/C15H25NO2/c1-11(2)15(16-10-9-12(3)17)13-5-7-14(18-4)8-6-13/h5-8,11-12,15-17H,9-10H2,1-4H3/t12-,15-/m1/s1. The second kappa shape index (κ2) is 7.39. The zero-order chi connectivity index (χ0) is 13.5. The topological polar surface area (TPSA) is 41.5 Å². The molecule has 0 aliphatic rings. The van der Waals surface area contributed by atoms with E-state index >= 15 is 0 Å². The predicted molar refractivity (Wildman–Crippen MR) is 74.9 cm³/mol. The van der Waals surface area contributed by atoms with Gasteiger partial charge in [-0.3, -0.25) is 0 Å². The van der Waals surface area contributed by atoms with E-state index in [0.29, 0.717) is 12.0 Å². The number of aliphatic hydroxyl groups excluding tert-OH is 1. The molecule has 3 nitrogen and oxygen atoms in total. The smallest absolute Gasteiger partial charge is 0.118 e. The van der Waals surface area contributed by atoms with Crippen LogP contribution >= 0.6 is 0 Å². The van der Waals surface area contributed by atoms with E-state index in [1.807, 2.05) is 19.1 Å². The number of hydrogen-bond acceptors (Lipinski definition) is 3. The van der Waals surface area contributed by atoms with Crippen molar-refractivity contribution in [2.24, 2.45) is 5.92 Å². The molecule has 18 heavy (non-hydrogen) atoms. The minimum absolute atomic E-state index is 0.249. The molecule has 3 heteroatoms. The largest absolute Gasteiger partial charge is 0.497 e. The van der Waals surface area contributed by atoms with Gasteiger partial charge in [0.25, 0.3) is 0 Å². The molecular weight excluding hydrogens is 226 g/mol. The average Bonchev–Trinajstić information content (AvgIpc) is 2.34. The molecule has 0 saturated carbocycles. The Labute approximate surface area is 110 Å². The number of hydrogen-bond donors (Lipinski definition) is 2. The van der Waals surface area contributed by atoms with Gasteiger partial charge < -0.3 is 15.2 Å². The first kappa shape index (κ1) is 15.0. The van der Waals surface area contributed by atoms with Crippen LogP contribution in [0, 0.1) is 5.92 Å². The highest BCUT2D eigenvalue weighted by Crippen LogP contribution is 2.23. The predicted octanol–water partition coefficient (Wildman–Crippen LogP) is 2.75. The molecule has 102 valence electrons. The lowest BCUT2D eigenvalue weighted by atomic mass is 9.96. The fourth-order valence-electron chi connectivity index (χ4n) is 2.00. The minimum Gasteiger partial charge on any atom is -0.497 e. The third kappa shape index (κ3) is 4.67. The number of aliphatic hydroxyl groups is 1. The van der Waals surface area contributed by atoms with Gasteiger partial charge in [0.15, 0.2) is 0 Å². The monoisotopic (exact) mass is 251 g/mol. The lowest BCUT2D eigenvalue weighted by Gasteiger charge is -2.23. The highest BCUT2D eigenvalue weighted by molar-refractivity contribution is 5.29. The Balaban J connectivity index is 2.65. The van der Waals surface area contributed by atoms with E-state index in [4.69, 9.17) is 4.74 Å². The van der Waals surface area contributed by atoms with Gasteiger partial charge in [0, 0.05) is 6.04 Å². The van der Waals surface area contributed by atoms with E-state index < -0.39 is 0 Å². The Hall–Kier alpha value is -1.06. The molecule has 0 amide bonds. The quantitative estimate of drug-likeness (QED) is 0.783. The van der Waals surface area contributed by atoms with Crippen LogP contribution < -0.4 is 10.1 Å². The van der Waals surface area contributed by atoms with Crippen LogP contribution in [0.15, 0.2) is 24.3 Å². The van der Waals surface area contributed by atoms with Gasteiger partial charge in [-0.1, -0.05) is 26.0 Å². The first-order chi connectivity index (χ1) is 8.54. The molecule has 1 aromatic rings. The van der Waals surface area contributed by atoms with Crippen molar-refractivity contribution in [3.8, 4) is 5.75 Å². The molecule has 0 fully saturated rings. The summed E-state index contributed by atoms with van der Waals surface area (Å²) >= 11 is 0. The fraction of sp³-hybridized carbons (Fsp3) is 0.600. The number of rotatable bonds is 7. The van der Waals surface area contributed by atoms with Crippen molar-refractivity contribution in [2.75, 3.05) is 13.7 Å². The molecule has 0 aromatic heterocycles. The molecule has 0 heterocycles. The van der Waals surface area contributed by atoms with Crippen LogP contribution in [0.1, 0.15) is 38.8 Å². The number of ether oxygens (including phenoxy) is 1. The molecule has 0 radical (unpaired) electrons. The van der Waals surface area contributed by atoms with E-state index in [-0.39, 0.29) is 6.10 Å². The average molecular weight is 251 g/mol. The molecule has 0 aliphatic heterocycles. The maximum atomic E-state index is 9.29. The van der Waals surface area contributed by atoms with Crippen molar-refractivity contribution < 1.29 is 9.84 Å². The molecular formula is C15H25NO2. The van der Waals surface area contributed by atoms with Gasteiger partial charge >= 0.3 is 0 Å². The summed E-state index contributed by atoms with van der Waals surface area (Å²) in [6, 6.07) is 8.48. The van der Waals surface area contributed by atoms with Crippen LogP contribution in [0.2, 0.25) is 0 Å². The Morgan fingerprint density at radius 1 is 1.17 bits per heavy atom. The Morgan fingerprint density at radius 3 is 2.22 bits per heavy atom. The second-order valence-electron chi connectivity index (χ2n) is 5.09. The van der Waals surface area contributed by atoms with Crippen molar-refractivity contribution in [2.45, 2.75) is 39.3 Å². The summed E-state index contributed by atoms with van der Waals surface area (Å²) in [6.07, 6.45) is 0.528. The minimum atomic E-state index is -0.249. The zero-order valence-corrected chi connectivity index (χ0v) is 11.8. The molecule has 0 bridgehead atoms. The fourth-order valence-corrected chi connectivity index (χ4v) is 2.00. The SMILES string of the molecule is COc1ccc([C@H](NCC[C@@H](C)O)C(C)C)cc1. The Bertz CT molecular complexity index is 333. The summed E-state index contributed by atoms with van der Waals surface area (Å²) < 4.78 is 5.17. The van der Waals surface area contributed by atoms with Crippen LogP contribution in [0.3, 0.4) is 0 Å². The lowest BCUT2D eigenvalue weighted by molar-refractivity contribution is 0.180. The third-order valence-electron chi connectivity index (χ3n) is 3.07. The highest BCUT2D eigenvalue weighted by Gasteiger charge is 2.15. The first-order valence-electron chi connectivity index (χ1n) is 6.60. The van der Waals surface area contributed by atoms with Crippen LogP contribution in [0.4, 0.5) is 0 Å². The summed E-state index contributed by atoms with van der Waals surface area (Å²) in [5.74, 6) is 1.39. The molecule has 0 spiro atoms. The van der Waals surface area contributed by atoms with Crippen LogP contribution in [0.25, 0.3) is 0 Å². The van der Waals surface area contributed by atoms with Crippen LogP contribution in [-0.4, -0.2) is 24.9 Å². The molecule has 0 unspecified atom stereocenters. The maximum absolute atomic E-state index is 9.29. The highest BCUT2D eigenvalue weighted by atomic mass is 16.5. The van der Waals surface area contributed by atoms with Gasteiger partial charge in [0.2, 0.25) is 0 Å². The Morgan fingerprint density at radius 2 is 1.78 bits per heavy atom. The first-order valence-corrected chi connectivity index (χ1v) is 6.60. The molecule has 0 aliphatic carbocycles. The van der Waals surface area contributed by atoms with Gasteiger partial charge in [0.05, 0.1) is 13.2 Å². The van der Waals surface area contributed by atoms with Gasteiger partial charge in [-0.2, -0.15) is 0 Å². The van der Waals surface area contributed by atoms with Crippen LogP contribution in [-0.2, 0) is 0 Å². The van der Waals surface area contributed by atoms with Crippen molar-refractivity contribution in [3.63, 3.8) is 0 Å². The molecule has 2 atom stereocenters. The Kier molecular flexibility index (Phi) is 6.16. The number of nitrogens with one attached hydrogen (secondary N) is 1. The number of methoxy groups -OCH3 is 1. The van der Waals surface area contributed by atoms with E-state index in [1.54, 1.807) is 7.11 Å². The summed E-state index contributed by atoms with van der Waals surface area (Å²) in [5.41, 5.74) is 1.26. The number of benzene rings is 1. The summed E-state index contributed by atoms with van der Waals surface area (Å²) in [5, 5.41) is 12.8. The molecule has 2 N–H and O–H groups in total. The molecule has 1 aromatic carbocycles. The summed E-state index contributed by atoms with van der Waals surface area (Å²) in [6.45, 7) is 7.04. The van der Waals surface area contributed by atoms with Crippen molar-refractivity contribution in [3.05, 3.63) is 29.8 Å². The summed E-state index contributed by atoms with van der Waals surface area (Å²) in [7, 11) is 1.68. The summed E-state index contributed by atoms with van der Waals surface area (Å²) in [4.78, 5) is 0. The van der Waals surface area contributed by atoms with E-state index in [9.17, 15) is 5.11 Å². The second-order valence-corrected chi connectivity index (χ2v) is 5.09. The zero-order valence-electron chi connectivity index (χ0n) is 11.8. The maximum Gasteiger partial charge on any atom is 0.118 e. The van der Waals surface area contributed by atoms with Gasteiger partial charge in [0.1, 0.15) is 5.75 Å². The van der Waals surface area contributed by atoms with Gasteiger partial charge in [-0.15, -0.1) is 0 Å². The van der Waals surface area contributed by atoms with Crippen molar-refractivity contribution in [1.82, 2.24) is 5.32 Å². The normalized spacial score (nSPS) is 14.6. The third-order valence-corrected chi connectivity index (χ3v) is 3.07. The molecule has 1 rings (SSSR count). The molecule has 0 saturated heterocycles. The van der Waals surface area contributed by atoms with E-state index in [2.05, 4.69) is 31.3 Å². The van der Waals surface area contributed by atoms with Crippen LogP contribution in [0.5, 0.6) is 5.75 Å². The van der Waals surface area contributed by atoms with Gasteiger partial charge in [-0.05, 0) is 43.5 Å². The van der Waals surface area contributed by atoms with E-state index in [1.165, 1.54) is 5.56 Å². The van der Waals surface area contributed by atoms with Gasteiger partial charge in [-0.25, -0.2) is 0 Å². The van der Waals surface area contributed by atoms with Crippen molar-refractivity contribution >= 4 is 0 Å².